The van der Waals surface area contributed by atoms with Gasteiger partial charge in [0.05, 0.1) is 12.1 Å². The highest BCUT2D eigenvalue weighted by Gasteiger charge is 2.08. The molecule has 0 aliphatic rings. The van der Waals surface area contributed by atoms with Crippen LogP contribution < -0.4 is 5.32 Å². The second-order valence-corrected chi connectivity index (χ2v) is 4.35. The number of hydrogen-bond donors (Lipinski definition) is 1. The van der Waals surface area contributed by atoms with E-state index in [-0.39, 0.29) is 24.0 Å². The summed E-state index contributed by atoms with van der Waals surface area (Å²) >= 11 is 3.10. The van der Waals surface area contributed by atoms with Crippen molar-refractivity contribution in [2.45, 2.75) is 0 Å². The minimum absolute atomic E-state index is 0.117. The highest BCUT2D eigenvalue weighted by molar-refractivity contribution is 9.10. The molecule has 0 aliphatic heterocycles. The molecular formula is C14H9BrFNO2. The fraction of sp³-hybridized carbons (Fsp3) is 0.0714. The number of furan rings is 1. The molecule has 3 nitrogen and oxygen atoms in total. The first-order valence-electron chi connectivity index (χ1n) is 5.44. The van der Waals surface area contributed by atoms with Crippen molar-refractivity contribution in [3.05, 3.63) is 58.2 Å². The van der Waals surface area contributed by atoms with Crippen molar-refractivity contribution in [2.24, 2.45) is 0 Å². The smallest absolute Gasteiger partial charge is 0.287 e. The van der Waals surface area contributed by atoms with E-state index in [1.54, 1.807) is 30.3 Å². The summed E-state index contributed by atoms with van der Waals surface area (Å²) in [6.45, 7) is 0.117. The summed E-state index contributed by atoms with van der Waals surface area (Å²) in [5.74, 6) is 4.77. The lowest BCUT2D eigenvalue weighted by Gasteiger charge is -1.96. The fourth-order valence-corrected chi connectivity index (χ4v) is 1.66. The highest BCUT2D eigenvalue weighted by Crippen LogP contribution is 2.13. The molecule has 96 valence electrons. The van der Waals surface area contributed by atoms with E-state index < -0.39 is 0 Å². The normalized spacial score (nSPS) is 9.58. The lowest BCUT2D eigenvalue weighted by atomic mass is 10.2. The number of benzene rings is 1. The van der Waals surface area contributed by atoms with Crippen molar-refractivity contribution >= 4 is 21.8 Å². The average molecular weight is 322 g/mol. The summed E-state index contributed by atoms with van der Waals surface area (Å²) < 4.78 is 18.8. The average Bonchev–Trinajstić information content (AvgIpc) is 2.83. The summed E-state index contributed by atoms with van der Waals surface area (Å²) in [7, 11) is 0. The Labute approximate surface area is 117 Å². The van der Waals surface area contributed by atoms with Crippen LogP contribution in [0.4, 0.5) is 4.39 Å². The minimum atomic E-state index is -0.378. The highest BCUT2D eigenvalue weighted by atomic mass is 79.9. The van der Waals surface area contributed by atoms with Crippen LogP contribution in [0.3, 0.4) is 0 Å². The SMILES string of the molecule is O=C(NCC#Cc1ccccc1F)c1ccc(Br)o1. The molecule has 1 heterocycles. The number of carbonyl (C=O) groups excluding carboxylic acids is 1. The zero-order valence-corrected chi connectivity index (χ0v) is 11.3. The molecule has 1 aromatic heterocycles. The van der Waals surface area contributed by atoms with Crippen LogP contribution in [0.5, 0.6) is 0 Å². The van der Waals surface area contributed by atoms with Crippen molar-refractivity contribution in [1.82, 2.24) is 5.32 Å². The maximum absolute atomic E-state index is 13.2. The third kappa shape index (κ3) is 3.70. The van der Waals surface area contributed by atoms with Gasteiger partial charge in [-0.2, -0.15) is 0 Å². The summed E-state index contributed by atoms with van der Waals surface area (Å²) in [4.78, 5) is 11.6. The van der Waals surface area contributed by atoms with Gasteiger partial charge in [-0.1, -0.05) is 24.0 Å². The second-order valence-electron chi connectivity index (χ2n) is 3.57. The number of halogens is 2. The molecule has 0 saturated carbocycles. The van der Waals surface area contributed by atoms with Gasteiger partial charge in [-0.25, -0.2) is 4.39 Å². The first-order valence-corrected chi connectivity index (χ1v) is 6.23. The molecule has 19 heavy (non-hydrogen) atoms. The van der Waals surface area contributed by atoms with Crippen molar-refractivity contribution in [3.63, 3.8) is 0 Å². The fourth-order valence-electron chi connectivity index (χ4n) is 1.35. The van der Waals surface area contributed by atoms with E-state index in [0.29, 0.717) is 10.2 Å². The lowest BCUT2D eigenvalue weighted by molar-refractivity contribution is 0.0930. The summed E-state index contributed by atoms with van der Waals surface area (Å²) in [5.41, 5.74) is 0.303. The van der Waals surface area contributed by atoms with E-state index in [0.717, 1.165) is 0 Å². The van der Waals surface area contributed by atoms with Gasteiger partial charge >= 0.3 is 0 Å². The molecule has 0 spiro atoms. The van der Waals surface area contributed by atoms with Gasteiger partial charge in [0.1, 0.15) is 5.82 Å². The van der Waals surface area contributed by atoms with Crippen LogP contribution >= 0.6 is 15.9 Å². The minimum Gasteiger partial charge on any atom is -0.444 e. The van der Waals surface area contributed by atoms with Crippen LogP contribution in [0, 0.1) is 17.7 Å². The molecule has 2 rings (SSSR count). The molecule has 0 aliphatic carbocycles. The molecule has 5 heteroatoms. The number of hydrogen-bond acceptors (Lipinski definition) is 2. The van der Waals surface area contributed by atoms with Crippen LogP contribution in [-0.4, -0.2) is 12.5 Å². The van der Waals surface area contributed by atoms with Gasteiger partial charge in [0.25, 0.3) is 5.91 Å². The predicted molar refractivity (Wildman–Crippen MR) is 72.0 cm³/mol. The first-order chi connectivity index (χ1) is 9.16. The van der Waals surface area contributed by atoms with Gasteiger partial charge in [0.15, 0.2) is 10.4 Å². The summed E-state index contributed by atoms with van der Waals surface area (Å²) in [6, 6.07) is 9.38. The van der Waals surface area contributed by atoms with E-state index >= 15 is 0 Å². The van der Waals surface area contributed by atoms with Crippen molar-refractivity contribution < 1.29 is 13.6 Å². The topological polar surface area (TPSA) is 42.2 Å². The molecule has 1 N–H and O–H groups in total. The van der Waals surface area contributed by atoms with Gasteiger partial charge in [0.2, 0.25) is 0 Å². The van der Waals surface area contributed by atoms with E-state index in [4.69, 9.17) is 4.42 Å². The molecular weight excluding hydrogens is 313 g/mol. The number of amides is 1. The van der Waals surface area contributed by atoms with Gasteiger partial charge in [0, 0.05) is 0 Å². The van der Waals surface area contributed by atoms with E-state index in [1.807, 2.05) is 0 Å². The maximum Gasteiger partial charge on any atom is 0.287 e. The van der Waals surface area contributed by atoms with Crippen LogP contribution in [0.15, 0.2) is 45.5 Å². The Balaban J connectivity index is 1.91. The summed E-state index contributed by atoms with van der Waals surface area (Å²) in [6.07, 6.45) is 0. The van der Waals surface area contributed by atoms with E-state index in [9.17, 15) is 9.18 Å². The van der Waals surface area contributed by atoms with Gasteiger partial charge < -0.3 is 9.73 Å². The van der Waals surface area contributed by atoms with Crippen molar-refractivity contribution in [2.75, 3.05) is 6.54 Å². The standard InChI is InChI=1S/C14H9BrFNO2/c15-13-8-7-12(19-13)14(18)17-9-3-5-10-4-1-2-6-11(10)16/h1-2,4,6-8H,9H2,(H,17,18). The number of rotatable bonds is 2. The lowest BCUT2D eigenvalue weighted by Crippen LogP contribution is -2.22. The molecule has 0 radical (unpaired) electrons. The first kappa shape index (κ1) is 13.4. The quantitative estimate of drug-likeness (QED) is 0.864. The molecule has 0 unspecified atom stereocenters. The third-order valence-electron chi connectivity index (χ3n) is 2.23. The van der Waals surface area contributed by atoms with E-state index in [1.165, 1.54) is 6.07 Å². The molecule has 1 aromatic carbocycles. The van der Waals surface area contributed by atoms with Gasteiger partial charge in [-0.3, -0.25) is 4.79 Å². The molecule has 2 aromatic rings. The number of carbonyl (C=O) groups is 1. The largest absolute Gasteiger partial charge is 0.444 e. The Morgan fingerprint density at radius 1 is 1.32 bits per heavy atom. The Hall–Kier alpha value is -2.06. The van der Waals surface area contributed by atoms with Crippen molar-refractivity contribution in [1.29, 1.82) is 0 Å². The van der Waals surface area contributed by atoms with E-state index in [2.05, 4.69) is 33.1 Å². The molecule has 1 amide bonds. The van der Waals surface area contributed by atoms with Crippen LogP contribution in [0.25, 0.3) is 0 Å². The predicted octanol–water partition coefficient (Wildman–Crippen LogP) is 2.96. The molecule has 0 bridgehead atoms. The molecule has 0 atom stereocenters. The zero-order valence-electron chi connectivity index (χ0n) is 9.74. The molecule has 0 saturated heterocycles. The Kier molecular flexibility index (Phi) is 4.37. The Morgan fingerprint density at radius 2 is 2.11 bits per heavy atom. The summed E-state index contributed by atoms with van der Waals surface area (Å²) in [5, 5.41) is 2.55. The van der Waals surface area contributed by atoms with Gasteiger partial charge in [-0.05, 0) is 40.2 Å². The Morgan fingerprint density at radius 3 is 2.79 bits per heavy atom. The van der Waals surface area contributed by atoms with Crippen molar-refractivity contribution in [3.8, 4) is 11.8 Å². The third-order valence-corrected chi connectivity index (χ3v) is 2.66. The molecule has 0 fully saturated rings. The van der Waals surface area contributed by atoms with Crippen LogP contribution in [0.1, 0.15) is 16.1 Å². The Bertz CT molecular complexity index is 655. The maximum atomic E-state index is 13.2. The monoisotopic (exact) mass is 321 g/mol. The van der Waals surface area contributed by atoms with Crippen LogP contribution in [-0.2, 0) is 0 Å². The zero-order chi connectivity index (χ0) is 13.7. The van der Waals surface area contributed by atoms with Crippen LogP contribution in [0.2, 0.25) is 0 Å². The van der Waals surface area contributed by atoms with Gasteiger partial charge in [-0.15, -0.1) is 0 Å². The number of nitrogens with one attached hydrogen (secondary N) is 1. The second kappa shape index (κ2) is 6.21.